The molecule has 0 radical (unpaired) electrons. The van der Waals surface area contributed by atoms with Gasteiger partial charge in [0.15, 0.2) is 11.8 Å². The number of nitrogens with one attached hydrogen (secondary N) is 2. The first-order valence-electron chi connectivity index (χ1n) is 12.5. The molecule has 3 aliphatic rings. The van der Waals surface area contributed by atoms with Gasteiger partial charge in [0.1, 0.15) is 11.9 Å². The molecule has 0 bridgehead atoms. The van der Waals surface area contributed by atoms with E-state index < -0.39 is 5.60 Å². The van der Waals surface area contributed by atoms with Gasteiger partial charge >= 0.3 is 0 Å². The average molecular weight is 475 g/mol. The Morgan fingerprint density at radius 2 is 1.50 bits per heavy atom. The van der Waals surface area contributed by atoms with Crippen molar-refractivity contribution in [3.05, 3.63) is 143 Å². The van der Waals surface area contributed by atoms with E-state index in [1.807, 2.05) is 30.3 Å². The third kappa shape index (κ3) is 4.41. The molecule has 2 heterocycles. The summed E-state index contributed by atoms with van der Waals surface area (Å²) in [5, 5.41) is 7.20. The van der Waals surface area contributed by atoms with Crippen LogP contribution in [0.25, 0.3) is 6.08 Å². The fourth-order valence-corrected chi connectivity index (χ4v) is 5.04. The Bertz CT molecular complexity index is 1360. The number of hydrogen-bond donors (Lipinski definition) is 2. The molecule has 1 aliphatic carbocycles. The average Bonchev–Trinajstić information content (AvgIpc) is 2.92. The van der Waals surface area contributed by atoms with Crippen LogP contribution in [0.1, 0.15) is 23.6 Å². The first-order chi connectivity index (χ1) is 17.7. The second-order valence-corrected chi connectivity index (χ2v) is 9.50. The minimum Gasteiger partial charge on any atom is -0.474 e. The van der Waals surface area contributed by atoms with Gasteiger partial charge in [-0.2, -0.15) is 0 Å². The van der Waals surface area contributed by atoms with Crippen LogP contribution in [0.4, 0.5) is 0 Å². The van der Waals surface area contributed by atoms with Gasteiger partial charge in [-0.25, -0.2) is 0 Å². The van der Waals surface area contributed by atoms with Crippen LogP contribution in [-0.2, 0) is 17.8 Å². The van der Waals surface area contributed by atoms with E-state index in [0.717, 1.165) is 34.7 Å². The predicted molar refractivity (Wildman–Crippen MR) is 144 cm³/mol. The van der Waals surface area contributed by atoms with Crippen molar-refractivity contribution < 1.29 is 9.47 Å². The smallest absolute Gasteiger partial charge is 0.188 e. The summed E-state index contributed by atoms with van der Waals surface area (Å²) >= 11 is 0. The van der Waals surface area contributed by atoms with Crippen LogP contribution in [0.3, 0.4) is 0 Å². The highest BCUT2D eigenvalue weighted by atomic mass is 16.6. The molecule has 0 aromatic heterocycles. The Hall–Kier alpha value is -3.86. The Morgan fingerprint density at radius 3 is 2.28 bits per heavy atom. The first kappa shape index (κ1) is 22.6. The van der Waals surface area contributed by atoms with Crippen molar-refractivity contribution in [1.82, 2.24) is 10.6 Å². The van der Waals surface area contributed by atoms with Gasteiger partial charge in [-0.1, -0.05) is 84.9 Å². The summed E-state index contributed by atoms with van der Waals surface area (Å²) in [7, 11) is 0. The molecular weight excluding hydrogens is 444 g/mol. The summed E-state index contributed by atoms with van der Waals surface area (Å²) in [4.78, 5) is 0. The molecule has 4 nitrogen and oxygen atoms in total. The normalized spacial score (nSPS) is 24.1. The summed E-state index contributed by atoms with van der Waals surface area (Å²) in [5.74, 6) is 0.869. The lowest BCUT2D eigenvalue weighted by Gasteiger charge is -2.47. The lowest BCUT2D eigenvalue weighted by molar-refractivity contribution is -0.0927. The second kappa shape index (κ2) is 9.65. The van der Waals surface area contributed by atoms with Gasteiger partial charge in [-0.05, 0) is 59.6 Å². The van der Waals surface area contributed by atoms with E-state index in [0.29, 0.717) is 6.54 Å². The van der Waals surface area contributed by atoms with Gasteiger partial charge < -0.3 is 14.8 Å². The molecule has 180 valence electrons. The van der Waals surface area contributed by atoms with Gasteiger partial charge in [0, 0.05) is 24.4 Å². The summed E-state index contributed by atoms with van der Waals surface area (Å²) in [6.07, 6.45) is 10.3. The quantitative estimate of drug-likeness (QED) is 0.466. The van der Waals surface area contributed by atoms with Gasteiger partial charge in [0.05, 0.1) is 0 Å². The molecular formula is C32H30N2O2. The van der Waals surface area contributed by atoms with E-state index in [2.05, 4.69) is 103 Å². The maximum absolute atomic E-state index is 6.76. The van der Waals surface area contributed by atoms with E-state index in [1.165, 1.54) is 11.1 Å². The fraction of sp³-hybridized carbons (Fsp3) is 0.188. The summed E-state index contributed by atoms with van der Waals surface area (Å²) in [6.45, 7) is 3.58. The van der Waals surface area contributed by atoms with Crippen LogP contribution in [0.2, 0.25) is 0 Å². The molecule has 3 atom stereocenters. The van der Waals surface area contributed by atoms with Crippen molar-refractivity contribution in [2.24, 2.45) is 0 Å². The SMILES string of the molecule is CC1=Cc2ccccc2OC12C=C1C=CC(NCc3ccccc3)=CC1OC2NCc1ccccc1. The lowest BCUT2D eigenvalue weighted by Crippen LogP contribution is -2.60. The van der Waals surface area contributed by atoms with Crippen molar-refractivity contribution in [1.29, 1.82) is 0 Å². The minimum absolute atomic E-state index is 0.166. The molecule has 3 aromatic carbocycles. The highest BCUT2D eigenvalue weighted by Crippen LogP contribution is 2.43. The van der Waals surface area contributed by atoms with Gasteiger partial charge in [0.2, 0.25) is 0 Å². The third-order valence-corrected chi connectivity index (χ3v) is 7.03. The zero-order chi connectivity index (χ0) is 24.4. The number of fused-ring (bicyclic) bond motifs is 2. The van der Waals surface area contributed by atoms with Gasteiger partial charge in [-0.3, -0.25) is 5.32 Å². The van der Waals surface area contributed by atoms with Crippen LogP contribution in [0.5, 0.6) is 5.75 Å². The summed E-state index contributed by atoms with van der Waals surface area (Å²) in [5.41, 5.74) is 6.08. The molecule has 0 amide bonds. The maximum Gasteiger partial charge on any atom is 0.188 e. The van der Waals surface area contributed by atoms with E-state index in [9.17, 15) is 0 Å². The largest absolute Gasteiger partial charge is 0.474 e. The fourth-order valence-electron chi connectivity index (χ4n) is 5.04. The van der Waals surface area contributed by atoms with E-state index in [1.54, 1.807) is 0 Å². The molecule has 2 N–H and O–H groups in total. The van der Waals surface area contributed by atoms with Crippen molar-refractivity contribution in [2.45, 2.75) is 37.9 Å². The van der Waals surface area contributed by atoms with Crippen LogP contribution in [0, 0.1) is 0 Å². The van der Waals surface area contributed by atoms with Crippen molar-refractivity contribution in [3.8, 4) is 5.75 Å². The van der Waals surface area contributed by atoms with Gasteiger partial charge in [0.25, 0.3) is 0 Å². The Kier molecular flexibility index (Phi) is 6.06. The summed E-state index contributed by atoms with van der Waals surface area (Å²) < 4.78 is 13.5. The topological polar surface area (TPSA) is 42.5 Å². The molecule has 3 unspecified atom stereocenters. The number of benzene rings is 3. The van der Waals surface area contributed by atoms with Crippen LogP contribution in [-0.4, -0.2) is 17.9 Å². The minimum atomic E-state index is -0.734. The first-order valence-corrected chi connectivity index (χ1v) is 12.5. The van der Waals surface area contributed by atoms with Crippen molar-refractivity contribution >= 4 is 6.08 Å². The third-order valence-electron chi connectivity index (χ3n) is 7.03. The van der Waals surface area contributed by atoms with Crippen molar-refractivity contribution in [3.63, 3.8) is 0 Å². The molecule has 36 heavy (non-hydrogen) atoms. The summed E-state index contributed by atoms with van der Waals surface area (Å²) in [6, 6.07) is 29.0. The number of ether oxygens (including phenoxy) is 2. The van der Waals surface area contributed by atoms with Crippen LogP contribution < -0.4 is 15.4 Å². The number of hydrogen-bond acceptors (Lipinski definition) is 4. The Balaban J connectivity index is 1.30. The Morgan fingerprint density at radius 1 is 0.806 bits per heavy atom. The predicted octanol–water partition coefficient (Wildman–Crippen LogP) is 5.91. The molecule has 3 aromatic rings. The van der Waals surface area contributed by atoms with Crippen molar-refractivity contribution in [2.75, 3.05) is 0 Å². The second-order valence-electron chi connectivity index (χ2n) is 9.50. The van der Waals surface area contributed by atoms with Crippen LogP contribution >= 0.6 is 0 Å². The zero-order valence-electron chi connectivity index (χ0n) is 20.4. The molecule has 2 aliphatic heterocycles. The Labute approximate surface area is 212 Å². The molecule has 0 saturated heterocycles. The number of allylic oxidation sites excluding steroid dienone is 1. The van der Waals surface area contributed by atoms with E-state index >= 15 is 0 Å². The number of rotatable bonds is 6. The highest BCUT2D eigenvalue weighted by Gasteiger charge is 2.48. The molecule has 0 saturated carbocycles. The maximum atomic E-state index is 6.76. The standard InChI is InChI=1S/C32H30N2O2/c1-23-18-26-14-8-9-15-29(26)36-32(23)20-27-16-17-28(33-21-24-10-4-2-5-11-24)19-30(27)35-31(32)34-22-25-12-6-3-7-13-25/h2-20,30-31,33-34H,21-22H2,1H3. The van der Waals surface area contributed by atoms with E-state index in [4.69, 9.17) is 9.47 Å². The number of para-hydroxylation sites is 1. The monoisotopic (exact) mass is 474 g/mol. The van der Waals surface area contributed by atoms with E-state index in [-0.39, 0.29) is 12.3 Å². The molecule has 0 fully saturated rings. The van der Waals surface area contributed by atoms with Gasteiger partial charge in [-0.15, -0.1) is 0 Å². The molecule has 6 rings (SSSR count). The zero-order valence-corrected chi connectivity index (χ0v) is 20.4. The molecule has 4 heteroatoms. The van der Waals surface area contributed by atoms with Crippen LogP contribution in [0.15, 0.2) is 126 Å². The molecule has 1 spiro atoms. The lowest BCUT2D eigenvalue weighted by atomic mass is 9.82. The highest BCUT2D eigenvalue weighted by molar-refractivity contribution is 5.66.